The van der Waals surface area contributed by atoms with E-state index in [1.165, 1.54) is 11.7 Å². The lowest BCUT2D eigenvalue weighted by molar-refractivity contribution is 0.0746. The summed E-state index contributed by atoms with van der Waals surface area (Å²) in [6, 6.07) is 7.07. The number of nitrogens with zero attached hydrogens (tertiary/aromatic N) is 4. The number of anilines is 1. The third-order valence-corrected chi connectivity index (χ3v) is 4.02. The molecule has 0 radical (unpaired) electrons. The maximum absolute atomic E-state index is 12.4. The Bertz CT molecular complexity index is 596. The van der Waals surface area contributed by atoms with E-state index in [-0.39, 0.29) is 5.91 Å². The first-order valence-electron chi connectivity index (χ1n) is 6.31. The van der Waals surface area contributed by atoms with Gasteiger partial charge in [-0.1, -0.05) is 17.7 Å². The van der Waals surface area contributed by atoms with E-state index >= 15 is 0 Å². The summed E-state index contributed by atoms with van der Waals surface area (Å²) in [5.74, 6) is 0.924. The maximum atomic E-state index is 12.4. The van der Waals surface area contributed by atoms with Gasteiger partial charge in [0.05, 0.1) is 17.9 Å². The molecule has 1 aliphatic heterocycles. The molecule has 0 unspecified atom stereocenters. The Morgan fingerprint density at radius 3 is 2.70 bits per heavy atom. The minimum absolute atomic E-state index is 0.0311. The van der Waals surface area contributed by atoms with E-state index in [1.54, 1.807) is 30.5 Å². The number of benzene rings is 1. The van der Waals surface area contributed by atoms with E-state index in [9.17, 15) is 4.79 Å². The van der Waals surface area contributed by atoms with Crippen LogP contribution in [0.2, 0.25) is 5.02 Å². The van der Waals surface area contributed by atoms with Crippen molar-refractivity contribution < 1.29 is 4.79 Å². The molecule has 0 aliphatic carbocycles. The van der Waals surface area contributed by atoms with Gasteiger partial charge in [0.2, 0.25) is 0 Å². The fourth-order valence-corrected chi connectivity index (χ4v) is 2.87. The fraction of sp³-hybridized carbons (Fsp3) is 0.308. The van der Waals surface area contributed by atoms with E-state index in [2.05, 4.69) is 13.6 Å². The zero-order valence-corrected chi connectivity index (χ0v) is 12.3. The van der Waals surface area contributed by atoms with Crippen molar-refractivity contribution in [2.75, 3.05) is 31.1 Å². The van der Waals surface area contributed by atoms with Crippen LogP contribution in [0.15, 0.2) is 30.5 Å². The third-order valence-electron chi connectivity index (χ3n) is 3.31. The van der Waals surface area contributed by atoms with Crippen LogP contribution in [0.1, 0.15) is 10.4 Å². The summed E-state index contributed by atoms with van der Waals surface area (Å²) in [6.07, 6.45) is 1.76. The van der Waals surface area contributed by atoms with Crippen molar-refractivity contribution in [3.63, 3.8) is 0 Å². The number of rotatable bonds is 2. The summed E-state index contributed by atoms with van der Waals surface area (Å²) in [6.45, 7) is 2.92. The van der Waals surface area contributed by atoms with Crippen LogP contribution in [0, 0.1) is 0 Å². The lowest BCUT2D eigenvalue weighted by Gasteiger charge is -2.34. The van der Waals surface area contributed by atoms with E-state index in [0.29, 0.717) is 23.7 Å². The van der Waals surface area contributed by atoms with Crippen molar-refractivity contribution in [3.05, 3.63) is 41.0 Å². The molecule has 1 amide bonds. The van der Waals surface area contributed by atoms with Gasteiger partial charge in [-0.05, 0) is 18.2 Å². The first kappa shape index (κ1) is 13.3. The highest BCUT2D eigenvalue weighted by Gasteiger charge is 2.23. The molecule has 7 heteroatoms. The van der Waals surface area contributed by atoms with E-state index in [1.807, 2.05) is 4.90 Å². The fourth-order valence-electron chi connectivity index (χ4n) is 2.24. The molecule has 1 aromatic carbocycles. The second-order valence-electron chi connectivity index (χ2n) is 4.56. The number of carbonyl (C=O) groups excluding carboxylic acids is 1. The molecule has 0 N–H and O–H groups in total. The molecule has 0 bridgehead atoms. The molecule has 0 spiro atoms. The van der Waals surface area contributed by atoms with Crippen molar-refractivity contribution in [2.24, 2.45) is 0 Å². The Hall–Kier alpha value is -1.66. The Morgan fingerprint density at radius 1 is 1.25 bits per heavy atom. The monoisotopic (exact) mass is 308 g/mol. The largest absolute Gasteiger partial charge is 0.351 e. The highest BCUT2D eigenvalue weighted by atomic mass is 35.5. The highest BCUT2D eigenvalue weighted by molar-refractivity contribution is 6.99. The summed E-state index contributed by atoms with van der Waals surface area (Å²) < 4.78 is 8.22. The van der Waals surface area contributed by atoms with E-state index in [0.717, 1.165) is 18.9 Å². The number of carbonyl (C=O) groups is 1. The Kier molecular flexibility index (Phi) is 3.84. The highest BCUT2D eigenvalue weighted by Crippen LogP contribution is 2.17. The van der Waals surface area contributed by atoms with Crippen LogP contribution in [0.4, 0.5) is 5.82 Å². The molecular formula is C13H13ClN4OS. The summed E-state index contributed by atoms with van der Waals surface area (Å²) in [7, 11) is 0. The molecule has 2 heterocycles. The molecular weight excluding hydrogens is 296 g/mol. The second kappa shape index (κ2) is 5.76. The molecule has 1 aromatic heterocycles. The van der Waals surface area contributed by atoms with Crippen LogP contribution in [0.25, 0.3) is 0 Å². The molecule has 3 rings (SSSR count). The topological polar surface area (TPSA) is 49.3 Å². The van der Waals surface area contributed by atoms with Crippen LogP contribution in [0.3, 0.4) is 0 Å². The molecule has 0 atom stereocenters. The Balaban J connectivity index is 1.65. The molecule has 104 valence electrons. The van der Waals surface area contributed by atoms with Gasteiger partial charge in [0, 0.05) is 36.8 Å². The zero-order valence-electron chi connectivity index (χ0n) is 10.7. The van der Waals surface area contributed by atoms with Gasteiger partial charge in [-0.3, -0.25) is 4.79 Å². The summed E-state index contributed by atoms with van der Waals surface area (Å²) in [4.78, 5) is 16.4. The standard InChI is InChI=1S/C13H13ClN4OS/c14-11-3-1-2-10(8-11)13(19)18-6-4-17(5-7-18)12-9-15-20-16-12/h1-3,8-9H,4-7H2. The minimum atomic E-state index is 0.0311. The summed E-state index contributed by atoms with van der Waals surface area (Å²) in [5, 5.41) is 0.586. The second-order valence-corrected chi connectivity index (χ2v) is 5.55. The normalized spacial score (nSPS) is 15.4. The lowest BCUT2D eigenvalue weighted by Crippen LogP contribution is -2.48. The van der Waals surface area contributed by atoms with Gasteiger partial charge < -0.3 is 9.80 Å². The molecule has 1 aliphatic rings. The number of hydrogen-bond acceptors (Lipinski definition) is 5. The minimum Gasteiger partial charge on any atom is -0.351 e. The SMILES string of the molecule is O=C(c1cccc(Cl)c1)N1CCN(c2cnsn2)CC1. The average Bonchev–Trinajstić information content (AvgIpc) is 3.01. The summed E-state index contributed by atoms with van der Waals surface area (Å²) in [5.41, 5.74) is 0.640. The predicted octanol–water partition coefficient (Wildman–Crippen LogP) is 2.15. The van der Waals surface area contributed by atoms with Crippen LogP contribution in [-0.2, 0) is 0 Å². The number of piperazine rings is 1. The van der Waals surface area contributed by atoms with E-state index in [4.69, 9.17) is 11.6 Å². The van der Waals surface area contributed by atoms with Gasteiger partial charge in [0.25, 0.3) is 5.91 Å². The van der Waals surface area contributed by atoms with Crippen LogP contribution < -0.4 is 4.90 Å². The average molecular weight is 309 g/mol. The van der Waals surface area contributed by atoms with Gasteiger partial charge in [-0.2, -0.15) is 8.75 Å². The Labute approximate surface area is 126 Å². The number of hydrogen-bond donors (Lipinski definition) is 0. The van der Waals surface area contributed by atoms with Crippen LogP contribution >= 0.6 is 23.3 Å². The van der Waals surface area contributed by atoms with Crippen LogP contribution in [-0.4, -0.2) is 45.7 Å². The Morgan fingerprint density at radius 2 is 2.05 bits per heavy atom. The summed E-state index contributed by atoms with van der Waals surface area (Å²) >= 11 is 7.13. The van der Waals surface area contributed by atoms with Crippen molar-refractivity contribution in [2.45, 2.75) is 0 Å². The molecule has 1 fully saturated rings. The van der Waals surface area contributed by atoms with Gasteiger partial charge in [0.1, 0.15) is 0 Å². The van der Waals surface area contributed by atoms with E-state index < -0.39 is 0 Å². The molecule has 2 aromatic rings. The number of halogens is 1. The number of aromatic nitrogens is 2. The van der Waals surface area contributed by atoms with Gasteiger partial charge in [-0.25, -0.2) is 0 Å². The zero-order chi connectivity index (χ0) is 13.9. The van der Waals surface area contributed by atoms with Gasteiger partial charge in [0.15, 0.2) is 5.82 Å². The smallest absolute Gasteiger partial charge is 0.254 e. The van der Waals surface area contributed by atoms with Crippen molar-refractivity contribution in [3.8, 4) is 0 Å². The van der Waals surface area contributed by atoms with Crippen LogP contribution in [0.5, 0.6) is 0 Å². The molecule has 20 heavy (non-hydrogen) atoms. The van der Waals surface area contributed by atoms with Gasteiger partial charge >= 0.3 is 0 Å². The lowest BCUT2D eigenvalue weighted by atomic mass is 10.2. The quantitative estimate of drug-likeness (QED) is 0.853. The van der Waals surface area contributed by atoms with Crippen molar-refractivity contribution >= 4 is 35.1 Å². The van der Waals surface area contributed by atoms with Crippen molar-refractivity contribution in [1.82, 2.24) is 13.6 Å². The number of amides is 1. The third kappa shape index (κ3) is 2.76. The first-order chi connectivity index (χ1) is 9.74. The van der Waals surface area contributed by atoms with Crippen molar-refractivity contribution in [1.29, 1.82) is 0 Å². The molecule has 5 nitrogen and oxygen atoms in total. The first-order valence-corrected chi connectivity index (χ1v) is 7.42. The predicted molar refractivity (Wildman–Crippen MR) is 79.5 cm³/mol. The molecule has 0 saturated carbocycles. The molecule has 1 saturated heterocycles. The maximum Gasteiger partial charge on any atom is 0.254 e. The van der Waals surface area contributed by atoms with Gasteiger partial charge in [-0.15, -0.1) is 0 Å².